The molecule has 150 valence electrons. The quantitative estimate of drug-likeness (QED) is 0.524. The van der Waals surface area contributed by atoms with E-state index < -0.39 is 5.97 Å². The first kappa shape index (κ1) is 21.1. The van der Waals surface area contributed by atoms with Gasteiger partial charge < -0.3 is 14.8 Å². The summed E-state index contributed by atoms with van der Waals surface area (Å²) in [6.07, 6.45) is 3.18. The third kappa shape index (κ3) is 5.42. The maximum absolute atomic E-state index is 12.2. The Labute approximate surface area is 163 Å². The highest BCUT2D eigenvalue weighted by Gasteiger charge is 2.16. The Balaban J connectivity index is 1.93. The maximum atomic E-state index is 12.2. The zero-order valence-electron chi connectivity index (χ0n) is 16.4. The monoisotopic (exact) mass is 387 g/mol. The Kier molecular flexibility index (Phi) is 7.74. The Bertz CT molecular complexity index is 827. The zero-order valence-corrected chi connectivity index (χ0v) is 16.4. The number of esters is 2. The van der Waals surface area contributed by atoms with Crippen LogP contribution in [0.3, 0.4) is 0 Å². The van der Waals surface area contributed by atoms with E-state index in [0.717, 1.165) is 5.69 Å². The van der Waals surface area contributed by atoms with Crippen molar-refractivity contribution in [1.29, 1.82) is 0 Å². The van der Waals surface area contributed by atoms with Crippen LogP contribution in [-0.4, -0.2) is 47.9 Å². The van der Waals surface area contributed by atoms with Gasteiger partial charge >= 0.3 is 11.9 Å². The fourth-order valence-corrected chi connectivity index (χ4v) is 2.63. The summed E-state index contributed by atoms with van der Waals surface area (Å²) in [7, 11) is 1.36. The summed E-state index contributed by atoms with van der Waals surface area (Å²) in [5.41, 5.74) is 2.34. The van der Waals surface area contributed by atoms with Crippen molar-refractivity contribution in [3.8, 4) is 5.69 Å². The average molecular weight is 387 g/mol. The van der Waals surface area contributed by atoms with E-state index in [0.29, 0.717) is 49.2 Å². The van der Waals surface area contributed by atoms with Gasteiger partial charge in [0.15, 0.2) is 0 Å². The fraction of sp³-hybridized carbons (Fsp3) is 0.400. The normalized spacial score (nSPS) is 10.4. The second-order valence-corrected chi connectivity index (χ2v) is 6.11. The number of benzene rings is 1. The van der Waals surface area contributed by atoms with Crippen molar-refractivity contribution in [2.24, 2.45) is 0 Å². The maximum Gasteiger partial charge on any atom is 0.341 e. The van der Waals surface area contributed by atoms with E-state index in [9.17, 15) is 14.4 Å². The number of nitrogens with zero attached hydrogens (tertiary/aromatic N) is 2. The van der Waals surface area contributed by atoms with Crippen molar-refractivity contribution in [2.45, 2.75) is 33.1 Å². The first-order chi connectivity index (χ1) is 13.5. The molecule has 0 saturated heterocycles. The summed E-state index contributed by atoms with van der Waals surface area (Å²) >= 11 is 0. The van der Waals surface area contributed by atoms with Gasteiger partial charge in [0.05, 0.1) is 31.3 Å². The molecule has 0 aliphatic rings. The van der Waals surface area contributed by atoms with Crippen LogP contribution in [0.5, 0.6) is 0 Å². The van der Waals surface area contributed by atoms with E-state index in [1.54, 1.807) is 42.8 Å². The van der Waals surface area contributed by atoms with Crippen molar-refractivity contribution in [3.05, 3.63) is 47.3 Å². The van der Waals surface area contributed by atoms with Gasteiger partial charge in [-0.25, -0.2) is 9.48 Å². The second-order valence-electron chi connectivity index (χ2n) is 6.11. The molecule has 1 aromatic heterocycles. The van der Waals surface area contributed by atoms with Crippen LogP contribution >= 0.6 is 0 Å². The van der Waals surface area contributed by atoms with Gasteiger partial charge in [0.1, 0.15) is 5.56 Å². The molecule has 8 nitrogen and oxygen atoms in total. The largest absolute Gasteiger partial charge is 0.469 e. The van der Waals surface area contributed by atoms with Gasteiger partial charge in [0.2, 0.25) is 0 Å². The first-order valence-electron chi connectivity index (χ1n) is 9.15. The number of aromatic nitrogens is 2. The molecule has 28 heavy (non-hydrogen) atoms. The van der Waals surface area contributed by atoms with Crippen LogP contribution in [0.15, 0.2) is 30.5 Å². The minimum Gasteiger partial charge on any atom is -0.469 e. The van der Waals surface area contributed by atoms with Crippen molar-refractivity contribution in [3.63, 3.8) is 0 Å². The molecule has 0 unspecified atom stereocenters. The molecule has 1 amide bonds. The Morgan fingerprint density at radius 1 is 1.14 bits per heavy atom. The van der Waals surface area contributed by atoms with Crippen LogP contribution in [-0.2, 0) is 14.3 Å². The number of carbonyl (C=O) groups is 3. The molecule has 1 heterocycles. The Morgan fingerprint density at radius 2 is 1.86 bits per heavy atom. The summed E-state index contributed by atoms with van der Waals surface area (Å²) in [5.74, 6) is -0.842. The molecule has 1 N–H and O–H groups in total. The predicted octanol–water partition coefficient (Wildman–Crippen LogP) is 2.43. The summed E-state index contributed by atoms with van der Waals surface area (Å²) in [6, 6.07) is 6.93. The molecule has 0 saturated carbocycles. The van der Waals surface area contributed by atoms with E-state index in [2.05, 4.69) is 15.2 Å². The minimum absolute atomic E-state index is 0.186. The van der Waals surface area contributed by atoms with Crippen LogP contribution in [0, 0.1) is 6.92 Å². The lowest BCUT2D eigenvalue weighted by Crippen LogP contribution is -2.24. The van der Waals surface area contributed by atoms with Crippen molar-refractivity contribution in [1.82, 2.24) is 15.1 Å². The van der Waals surface area contributed by atoms with E-state index in [-0.39, 0.29) is 11.9 Å². The molecule has 8 heteroatoms. The van der Waals surface area contributed by atoms with Crippen LogP contribution in [0.4, 0.5) is 0 Å². The van der Waals surface area contributed by atoms with E-state index in [1.165, 1.54) is 13.3 Å². The number of ether oxygens (including phenoxy) is 2. The number of carbonyl (C=O) groups excluding carboxylic acids is 3. The zero-order chi connectivity index (χ0) is 20.5. The van der Waals surface area contributed by atoms with Gasteiger partial charge in [0, 0.05) is 18.5 Å². The molecule has 2 rings (SSSR count). The molecule has 1 aromatic carbocycles. The van der Waals surface area contributed by atoms with Gasteiger partial charge in [-0.1, -0.05) is 0 Å². The second kappa shape index (κ2) is 10.2. The topological polar surface area (TPSA) is 99.5 Å². The highest BCUT2D eigenvalue weighted by molar-refractivity contribution is 5.94. The summed E-state index contributed by atoms with van der Waals surface area (Å²) in [4.78, 5) is 35.1. The standard InChI is InChI=1S/C20H25N3O5/c1-4-28-20(26)17-13-22-23(14(17)2)16-10-8-15(9-11-16)19(25)21-12-6-5-7-18(24)27-3/h8-11,13H,4-7,12H2,1-3H3,(H,21,25). The van der Waals surface area contributed by atoms with E-state index >= 15 is 0 Å². The lowest BCUT2D eigenvalue weighted by molar-refractivity contribution is -0.140. The molecule has 0 atom stereocenters. The van der Waals surface area contributed by atoms with Crippen LogP contribution < -0.4 is 5.32 Å². The Morgan fingerprint density at radius 3 is 2.50 bits per heavy atom. The molecule has 0 aliphatic heterocycles. The van der Waals surface area contributed by atoms with Crippen molar-refractivity contribution in [2.75, 3.05) is 20.3 Å². The smallest absolute Gasteiger partial charge is 0.341 e. The molecule has 0 spiro atoms. The van der Waals surface area contributed by atoms with Gasteiger partial charge in [-0.15, -0.1) is 0 Å². The summed E-state index contributed by atoms with van der Waals surface area (Å²) in [6.45, 7) is 4.32. The number of unbranched alkanes of at least 4 members (excludes halogenated alkanes) is 1. The third-order valence-corrected chi connectivity index (χ3v) is 4.20. The van der Waals surface area contributed by atoms with Crippen molar-refractivity contribution >= 4 is 17.8 Å². The third-order valence-electron chi connectivity index (χ3n) is 4.20. The lowest BCUT2D eigenvalue weighted by Gasteiger charge is -2.08. The number of rotatable bonds is 9. The molecule has 0 bridgehead atoms. The molecular formula is C20H25N3O5. The van der Waals surface area contributed by atoms with Gasteiger partial charge in [0.25, 0.3) is 5.91 Å². The number of nitrogens with one attached hydrogen (secondary N) is 1. The highest BCUT2D eigenvalue weighted by atomic mass is 16.5. The molecular weight excluding hydrogens is 362 g/mol. The van der Waals surface area contributed by atoms with Gasteiger partial charge in [-0.3, -0.25) is 9.59 Å². The molecule has 0 radical (unpaired) electrons. The summed E-state index contributed by atoms with van der Waals surface area (Å²) < 4.78 is 11.2. The predicted molar refractivity (Wildman–Crippen MR) is 102 cm³/mol. The SMILES string of the molecule is CCOC(=O)c1cnn(-c2ccc(C(=O)NCCCCC(=O)OC)cc2)c1C. The van der Waals surface area contributed by atoms with Gasteiger partial charge in [-0.05, 0) is 51.0 Å². The van der Waals surface area contributed by atoms with E-state index in [4.69, 9.17) is 4.74 Å². The van der Waals surface area contributed by atoms with Crippen LogP contribution in [0.2, 0.25) is 0 Å². The molecule has 2 aromatic rings. The number of hydrogen-bond acceptors (Lipinski definition) is 6. The number of methoxy groups -OCH3 is 1. The minimum atomic E-state index is -0.408. The average Bonchev–Trinajstić information content (AvgIpc) is 3.09. The first-order valence-corrected chi connectivity index (χ1v) is 9.15. The summed E-state index contributed by atoms with van der Waals surface area (Å²) in [5, 5.41) is 7.05. The van der Waals surface area contributed by atoms with Crippen molar-refractivity contribution < 1.29 is 23.9 Å². The number of amides is 1. The molecule has 0 aliphatic carbocycles. The van der Waals surface area contributed by atoms with E-state index in [1.807, 2.05) is 0 Å². The number of hydrogen-bond donors (Lipinski definition) is 1. The van der Waals surface area contributed by atoms with Crippen LogP contribution in [0.25, 0.3) is 5.69 Å². The van der Waals surface area contributed by atoms with Gasteiger partial charge in [-0.2, -0.15) is 5.10 Å². The highest BCUT2D eigenvalue weighted by Crippen LogP contribution is 2.16. The van der Waals surface area contributed by atoms with Crippen LogP contribution in [0.1, 0.15) is 52.6 Å². The lowest BCUT2D eigenvalue weighted by atomic mass is 10.2. The molecule has 0 fully saturated rings. The Hall–Kier alpha value is -3.16. The fourth-order valence-electron chi connectivity index (χ4n) is 2.63.